The second-order valence-corrected chi connectivity index (χ2v) is 6.20. The van der Waals surface area contributed by atoms with Gasteiger partial charge in [0.25, 0.3) is 0 Å². The van der Waals surface area contributed by atoms with Crippen molar-refractivity contribution >= 4 is 43.2 Å². The Labute approximate surface area is 121 Å². The maximum absolute atomic E-state index is 9.14. The zero-order chi connectivity index (χ0) is 12.3. The Bertz CT molecular complexity index is 511. The fourth-order valence-corrected chi connectivity index (χ4v) is 3.08. The van der Waals surface area contributed by atoms with E-state index in [-0.39, 0.29) is 6.61 Å². The Morgan fingerprint density at radius 1 is 1.24 bits per heavy atom. The summed E-state index contributed by atoms with van der Waals surface area (Å²) in [5, 5.41) is 11.2. The number of ether oxygens (including phenoxy) is 1. The van der Waals surface area contributed by atoms with Crippen molar-refractivity contribution in [2.24, 2.45) is 0 Å². The lowest BCUT2D eigenvalue weighted by Crippen LogP contribution is -1.94. The summed E-state index contributed by atoms with van der Waals surface area (Å²) in [5.74, 6) is 0.766. The predicted molar refractivity (Wildman–Crippen MR) is 76.4 cm³/mol. The van der Waals surface area contributed by atoms with E-state index in [1.165, 1.54) is 0 Å². The Morgan fingerprint density at radius 2 is 2.06 bits per heavy atom. The van der Waals surface area contributed by atoms with E-state index < -0.39 is 0 Å². The summed E-state index contributed by atoms with van der Waals surface area (Å²) in [6.45, 7) is 0.547. The lowest BCUT2D eigenvalue weighted by molar-refractivity contribution is 0.277. The van der Waals surface area contributed by atoms with Crippen LogP contribution in [0.5, 0.6) is 5.75 Å². The molecule has 0 unspecified atom stereocenters. The standard InChI is InChI=1S/C12H10Br2O2S/c13-9-4-11(17-7-9)6-16-10-1-2-12(14)8(3-10)5-15/h1-4,7,15H,5-6H2. The third kappa shape index (κ3) is 3.55. The van der Waals surface area contributed by atoms with E-state index in [1.807, 2.05) is 29.6 Å². The zero-order valence-corrected chi connectivity index (χ0v) is 12.8. The molecule has 1 heterocycles. The van der Waals surface area contributed by atoms with Gasteiger partial charge in [-0.1, -0.05) is 15.9 Å². The van der Waals surface area contributed by atoms with E-state index in [2.05, 4.69) is 31.9 Å². The van der Waals surface area contributed by atoms with Gasteiger partial charge in [0.15, 0.2) is 0 Å². The van der Waals surface area contributed by atoms with Crippen molar-refractivity contribution in [2.45, 2.75) is 13.2 Å². The second kappa shape index (κ2) is 6.00. The number of aliphatic hydroxyl groups excluding tert-OH is 1. The molecule has 0 aliphatic heterocycles. The van der Waals surface area contributed by atoms with Crippen molar-refractivity contribution in [1.29, 1.82) is 0 Å². The molecule has 0 saturated heterocycles. The van der Waals surface area contributed by atoms with Crippen LogP contribution in [-0.2, 0) is 13.2 Å². The number of thiophene rings is 1. The van der Waals surface area contributed by atoms with Crippen LogP contribution in [0.2, 0.25) is 0 Å². The van der Waals surface area contributed by atoms with Crippen LogP contribution in [0.15, 0.2) is 38.6 Å². The number of hydrogen-bond donors (Lipinski definition) is 1. The van der Waals surface area contributed by atoms with Crippen molar-refractivity contribution in [3.05, 3.63) is 49.0 Å². The van der Waals surface area contributed by atoms with Gasteiger partial charge in [-0.2, -0.15) is 0 Å². The quantitative estimate of drug-likeness (QED) is 0.858. The highest BCUT2D eigenvalue weighted by molar-refractivity contribution is 9.10. The summed E-state index contributed by atoms with van der Waals surface area (Å²) < 4.78 is 7.63. The van der Waals surface area contributed by atoms with Gasteiger partial charge < -0.3 is 9.84 Å². The first-order valence-corrected chi connectivity index (χ1v) is 7.40. The van der Waals surface area contributed by atoms with Crippen LogP contribution >= 0.6 is 43.2 Å². The number of hydrogen-bond acceptors (Lipinski definition) is 3. The SMILES string of the molecule is OCc1cc(OCc2cc(Br)cs2)ccc1Br. The lowest BCUT2D eigenvalue weighted by atomic mass is 10.2. The lowest BCUT2D eigenvalue weighted by Gasteiger charge is -2.07. The van der Waals surface area contributed by atoms with Crippen LogP contribution in [-0.4, -0.2) is 5.11 Å². The highest BCUT2D eigenvalue weighted by Crippen LogP contribution is 2.25. The summed E-state index contributed by atoms with van der Waals surface area (Å²) in [5.41, 5.74) is 0.829. The average molecular weight is 378 g/mol. The Hall–Kier alpha value is -0.360. The van der Waals surface area contributed by atoms with Gasteiger partial charge >= 0.3 is 0 Å². The number of benzene rings is 1. The molecule has 0 saturated carbocycles. The van der Waals surface area contributed by atoms with E-state index >= 15 is 0 Å². The monoisotopic (exact) mass is 376 g/mol. The zero-order valence-electron chi connectivity index (χ0n) is 8.82. The van der Waals surface area contributed by atoms with E-state index in [9.17, 15) is 0 Å². The average Bonchev–Trinajstić information content (AvgIpc) is 2.74. The minimum Gasteiger partial charge on any atom is -0.488 e. The fourth-order valence-electron chi connectivity index (χ4n) is 1.35. The molecule has 2 aromatic rings. The molecule has 0 aliphatic carbocycles. The highest BCUT2D eigenvalue weighted by Gasteiger charge is 2.03. The molecule has 0 spiro atoms. The smallest absolute Gasteiger partial charge is 0.122 e. The molecule has 1 aromatic heterocycles. The minimum absolute atomic E-state index is 0.00231. The molecule has 1 N–H and O–H groups in total. The topological polar surface area (TPSA) is 29.5 Å². The molecule has 0 bridgehead atoms. The summed E-state index contributed by atoms with van der Waals surface area (Å²) in [7, 11) is 0. The summed E-state index contributed by atoms with van der Waals surface area (Å²) >= 11 is 8.43. The van der Waals surface area contributed by atoms with E-state index in [0.717, 1.165) is 25.1 Å². The van der Waals surface area contributed by atoms with Crippen LogP contribution in [0.1, 0.15) is 10.4 Å². The molecule has 90 valence electrons. The Balaban J connectivity index is 2.04. The molecule has 1 aromatic carbocycles. The number of rotatable bonds is 4. The first kappa shape index (κ1) is 13.1. The minimum atomic E-state index is 0.00231. The Kier molecular flexibility index (Phi) is 4.62. The van der Waals surface area contributed by atoms with E-state index in [1.54, 1.807) is 11.3 Å². The van der Waals surface area contributed by atoms with Crippen molar-refractivity contribution in [1.82, 2.24) is 0 Å². The highest BCUT2D eigenvalue weighted by atomic mass is 79.9. The first-order chi connectivity index (χ1) is 8.19. The number of aliphatic hydroxyl groups is 1. The van der Waals surface area contributed by atoms with Gasteiger partial charge in [-0.25, -0.2) is 0 Å². The maximum atomic E-state index is 9.14. The van der Waals surface area contributed by atoms with Gasteiger partial charge in [0.2, 0.25) is 0 Å². The molecule has 2 nitrogen and oxygen atoms in total. The largest absolute Gasteiger partial charge is 0.488 e. The van der Waals surface area contributed by atoms with Gasteiger partial charge in [0.05, 0.1) is 6.61 Å². The molecule has 0 amide bonds. The third-order valence-electron chi connectivity index (χ3n) is 2.19. The van der Waals surface area contributed by atoms with Crippen molar-refractivity contribution in [3.63, 3.8) is 0 Å². The Morgan fingerprint density at radius 3 is 2.71 bits per heavy atom. The molecule has 5 heteroatoms. The van der Waals surface area contributed by atoms with Crippen molar-refractivity contribution in [3.8, 4) is 5.75 Å². The van der Waals surface area contributed by atoms with Crippen LogP contribution < -0.4 is 4.74 Å². The van der Waals surface area contributed by atoms with Crippen molar-refractivity contribution in [2.75, 3.05) is 0 Å². The van der Waals surface area contributed by atoms with E-state index in [4.69, 9.17) is 9.84 Å². The predicted octanol–water partition coefficient (Wildman–Crippen LogP) is 4.34. The van der Waals surface area contributed by atoms with Crippen LogP contribution in [0.4, 0.5) is 0 Å². The van der Waals surface area contributed by atoms with Gasteiger partial charge in [0, 0.05) is 19.2 Å². The summed E-state index contributed by atoms with van der Waals surface area (Å²) in [4.78, 5) is 1.16. The normalized spacial score (nSPS) is 10.5. The van der Waals surface area contributed by atoms with Gasteiger partial charge in [-0.05, 0) is 45.8 Å². The molecular formula is C12H10Br2O2S. The molecule has 0 radical (unpaired) electrons. The molecule has 0 aliphatic rings. The molecular weight excluding hydrogens is 368 g/mol. The van der Waals surface area contributed by atoms with Crippen LogP contribution in [0, 0.1) is 0 Å². The number of halogens is 2. The summed E-state index contributed by atoms with van der Waals surface area (Å²) in [6, 6.07) is 7.64. The third-order valence-corrected chi connectivity index (χ3v) is 4.64. The van der Waals surface area contributed by atoms with Crippen molar-refractivity contribution < 1.29 is 9.84 Å². The second-order valence-electron chi connectivity index (χ2n) is 3.43. The molecule has 0 fully saturated rings. The maximum Gasteiger partial charge on any atom is 0.122 e. The fraction of sp³-hybridized carbons (Fsp3) is 0.167. The van der Waals surface area contributed by atoms with Gasteiger partial charge in [-0.3, -0.25) is 0 Å². The molecule has 17 heavy (non-hydrogen) atoms. The van der Waals surface area contributed by atoms with Gasteiger partial charge in [0.1, 0.15) is 12.4 Å². The van der Waals surface area contributed by atoms with Gasteiger partial charge in [-0.15, -0.1) is 11.3 Å². The molecule has 0 atom stereocenters. The first-order valence-electron chi connectivity index (χ1n) is 4.94. The molecule has 2 rings (SSSR count). The summed E-state index contributed by atoms with van der Waals surface area (Å²) in [6.07, 6.45) is 0. The van der Waals surface area contributed by atoms with Crippen LogP contribution in [0.25, 0.3) is 0 Å². The van der Waals surface area contributed by atoms with E-state index in [0.29, 0.717) is 6.61 Å². The van der Waals surface area contributed by atoms with Crippen LogP contribution in [0.3, 0.4) is 0 Å².